The molecule has 0 bridgehead atoms. The number of benzene rings is 2. The second kappa shape index (κ2) is 5.55. The molecule has 1 fully saturated rings. The zero-order valence-corrected chi connectivity index (χ0v) is 13.3. The first kappa shape index (κ1) is 15.6. The molecule has 1 aliphatic heterocycles. The van der Waals surface area contributed by atoms with Crippen molar-refractivity contribution >= 4 is 11.6 Å². The third-order valence-electron chi connectivity index (χ3n) is 4.68. The van der Waals surface area contributed by atoms with Crippen LogP contribution >= 0.6 is 0 Å². The first-order valence-electron chi connectivity index (χ1n) is 8.03. The van der Waals surface area contributed by atoms with Crippen LogP contribution in [-0.2, 0) is 11.2 Å². The number of para-hydroxylation sites is 1. The molecule has 2 aromatic carbocycles. The second-order valence-electron chi connectivity index (χ2n) is 6.27. The van der Waals surface area contributed by atoms with Crippen LogP contribution in [0, 0.1) is 23.0 Å². The summed E-state index contributed by atoms with van der Waals surface area (Å²) in [6.45, 7) is 0.219. The lowest BCUT2D eigenvalue weighted by atomic mass is 10.1. The largest absolute Gasteiger partial charge is 0.476 e. The smallest absolute Gasteiger partial charge is 0.271 e. The number of nitriles is 1. The molecule has 1 heterocycles. The van der Waals surface area contributed by atoms with Crippen molar-refractivity contribution in [3.63, 3.8) is 0 Å². The van der Waals surface area contributed by atoms with Crippen molar-refractivity contribution < 1.29 is 18.3 Å². The molecule has 2 aromatic rings. The van der Waals surface area contributed by atoms with E-state index in [1.165, 1.54) is 4.90 Å². The summed E-state index contributed by atoms with van der Waals surface area (Å²) in [7, 11) is 0. The van der Waals surface area contributed by atoms with Crippen molar-refractivity contribution in [2.75, 3.05) is 11.4 Å². The van der Waals surface area contributed by atoms with Crippen LogP contribution in [0.5, 0.6) is 5.75 Å². The summed E-state index contributed by atoms with van der Waals surface area (Å²) in [5, 5.41) is 9.17. The molecule has 4 nitrogen and oxygen atoms in total. The standard InChI is InChI=1S/C19H14F2N2O2/c20-14-5-6-15(21)17-13(14)7-10-23(17)18(24)19(8-9-19)25-16-4-2-1-3-12(16)11-22/h1-6H,7-10H2. The van der Waals surface area contributed by atoms with Crippen molar-refractivity contribution in [3.8, 4) is 11.8 Å². The van der Waals surface area contributed by atoms with Gasteiger partial charge in [0, 0.05) is 24.9 Å². The topological polar surface area (TPSA) is 53.3 Å². The summed E-state index contributed by atoms with van der Waals surface area (Å²) in [6.07, 6.45) is 1.23. The Labute approximate surface area is 143 Å². The van der Waals surface area contributed by atoms with Crippen molar-refractivity contribution in [2.45, 2.75) is 24.9 Å². The molecule has 4 rings (SSSR count). The molecule has 0 saturated heterocycles. The van der Waals surface area contributed by atoms with Gasteiger partial charge in [0.2, 0.25) is 0 Å². The first-order chi connectivity index (χ1) is 12.1. The molecule has 0 N–H and O–H groups in total. The van der Waals surface area contributed by atoms with Crippen LogP contribution in [0.15, 0.2) is 36.4 Å². The molecule has 0 unspecified atom stereocenters. The van der Waals surface area contributed by atoms with Gasteiger partial charge < -0.3 is 9.64 Å². The fourth-order valence-corrected chi connectivity index (χ4v) is 3.23. The van der Waals surface area contributed by atoms with Gasteiger partial charge in [0.15, 0.2) is 5.60 Å². The number of hydrogen-bond donors (Lipinski definition) is 0. The minimum Gasteiger partial charge on any atom is -0.476 e. The van der Waals surface area contributed by atoms with Gasteiger partial charge in [-0.3, -0.25) is 4.79 Å². The maximum absolute atomic E-state index is 14.2. The van der Waals surface area contributed by atoms with Crippen LogP contribution in [0.4, 0.5) is 14.5 Å². The van der Waals surface area contributed by atoms with Crippen LogP contribution in [-0.4, -0.2) is 18.1 Å². The summed E-state index contributed by atoms with van der Waals surface area (Å²) < 4.78 is 33.9. The minimum absolute atomic E-state index is 0.00782. The zero-order chi connectivity index (χ0) is 17.6. The van der Waals surface area contributed by atoms with E-state index >= 15 is 0 Å². The highest BCUT2D eigenvalue weighted by Crippen LogP contribution is 2.45. The van der Waals surface area contributed by atoms with E-state index in [9.17, 15) is 13.6 Å². The summed E-state index contributed by atoms with van der Waals surface area (Å²) in [6, 6.07) is 10.8. The lowest BCUT2D eigenvalue weighted by Gasteiger charge is -2.25. The third kappa shape index (κ3) is 2.43. The molecule has 1 aliphatic carbocycles. The predicted octanol–water partition coefficient (Wildman–Crippen LogP) is 3.34. The van der Waals surface area contributed by atoms with E-state index in [1.807, 2.05) is 6.07 Å². The third-order valence-corrected chi connectivity index (χ3v) is 4.68. The zero-order valence-electron chi connectivity index (χ0n) is 13.3. The maximum Gasteiger partial charge on any atom is 0.271 e. The Morgan fingerprint density at radius 1 is 1.16 bits per heavy atom. The quantitative estimate of drug-likeness (QED) is 0.861. The molecular weight excluding hydrogens is 326 g/mol. The van der Waals surface area contributed by atoms with Crippen molar-refractivity contribution in [3.05, 3.63) is 59.2 Å². The molecule has 0 aromatic heterocycles. The maximum atomic E-state index is 14.2. The minimum atomic E-state index is -1.10. The van der Waals surface area contributed by atoms with Crippen LogP contribution in [0.3, 0.4) is 0 Å². The summed E-state index contributed by atoms with van der Waals surface area (Å²) in [5.41, 5.74) is -0.538. The Hall–Kier alpha value is -2.94. The lowest BCUT2D eigenvalue weighted by Crippen LogP contribution is -2.43. The van der Waals surface area contributed by atoms with Crippen LogP contribution in [0.25, 0.3) is 0 Å². The van der Waals surface area contributed by atoms with Gasteiger partial charge in [0.1, 0.15) is 23.5 Å². The van der Waals surface area contributed by atoms with E-state index in [-0.39, 0.29) is 30.1 Å². The van der Waals surface area contributed by atoms with E-state index in [2.05, 4.69) is 0 Å². The summed E-state index contributed by atoms with van der Waals surface area (Å²) >= 11 is 0. The number of fused-ring (bicyclic) bond motifs is 1. The van der Waals surface area contributed by atoms with Crippen LogP contribution < -0.4 is 9.64 Å². The van der Waals surface area contributed by atoms with Gasteiger partial charge in [0.25, 0.3) is 5.91 Å². The number of carbonyl (C=O) groups is 1. The average Bonchev–Trinajstić information content (AvgIpc) is 3.26. The number of rotatable bonds is 3. The number of ether oxygens (including phenoxy) is 1. The highest BCUT2D eigenvalue weighted by Gasteiger charge is 2.56. The average molecular weight is 340 g/mol. The summed E-state index contributed by atoms with van der Waals surface area (Å²) in [5.74, 6) is -1.18. The fraction of sp³-hybridized carbons (Fsp3) is 0.263. The molecular formula is C19H14F2N2O2. The molecule has 0 radical (unpaired) electrons. The fourth-order valence-electron chi connectivity index (χ4n) is 3.23. The normalized spacial score (nSPS) is 16.9. The van der Waals surface area contributed by atoms with E-state index in [4.69, 9.17) is 10.00 Å². The van der Waals surface area contributed by atoms with E-state index in [0.717, 1.165) is 12.1 Å². The Morgan fingerprint density at radius 3 is 2.60 bits per heavy atom. The molecule has 126 valence electrons. The Morgan fingerprint density at radius 2 is 1.88 bits per heavy atom. The van der Waals surface area contributed by atoms with E-state index in [0.29, 0.717) is 24.2 Å². The van der Waals surface area contributed by atoms with Gasteiger partial charge in [0.05, 0.1) is 11.3 Å². The molecule has 1 saturated carbocycles. The van der Waals surface area contributed by atoms with Gasteiger partial charge >= 0.3 is 0 Å². The molecule has 2 aliphatic rings. The summed E-state index contributed by atoms with van der Waals surface area (Å²) in [4.78, 5) is 14.3. The molecule has 6 heteroatoms. The Balaban J connectivity index is 1.65. The second-order valence-corrected chi connectivity index (χ2v) is 6.27. The van der Waals surface area contributed by atoms with Crippen LogP contribution in [0.1, 0.15) is 24.0 Å². The number of amides is 1. The SMILES string of the molecule is N#Cc1ccccc1OC1(C(=O)N2CCc3c(F)ccc(F)c32)CC1. The highest BCUT2D eigenvalue weighted by molar-refractivity contribution is 6.03. The predicted molar refractivity (Wildman–Crippen MR) is 86.2 cm³/mol. The van der Waals surface area contributed by atoms with Gasteiger partial charge in [-0.05, 0) is 30.7 Å². The van der Waals surface area contributed by atoms with E-state index < -0.39 is 17.2 Å². The number of anilines is 1. The van der Waals surface area contributed by atoms with Crippen LogP contribution in [0.2, 0.25) is 0 Å². The first-order valence-corrected chi connectivity index (χ1v) is 8.03. The Kier molecular flexibility index (Phi) is 3.46. The van der Waals surface area contributed by atoms with Gasteiger partial charge in [-0.1, -0.05) is 12.1 Å². The molecule has 0 spiro atoms. The van der Waals surface area contributed by atoms with Gasteiger partial charge in [-0.15, -0.1) is 0 Å². The van der Waals surface area contributed by atoms with Crippen molar-refractivity contribution in [2.24, 2.45) is 0 Å². The molecule has 25 heavy (non-hydrogen) atoms. The van der Waals surface area contributed by atoms with Gasteiger partial charge in [-0.25, -0.2) is 8.78 Å². The highest BCUT2D eigenvalue weighted by atomic mass is 19.1. The van der Waals surface area contributed by atoms with Crippen molar-refractivity contribution in [1.29, 1.82) is 5.26 Å². The molecule has 0 atom stereocenters. The van der Waals surface area contributed by atoms with E-state index in [1.54, 1.807) is 24.3 Å². The molecule has 1 amide bonds. The van der Waals surface area contributed by atoms with Gasteiger partial charge in [-0.2, -0.15) is 5.26 Å². The number of halogens is 2. The number of carbonyl (C=O) groups excluding carboxylic acids is 1. The monoisotopic (exact) mass is 340 g/mol. The van der Waals surface area contributed by atoms with Crippen molar-refractivity contribution in [1.82, 2.24) is 0 Å². The number of hydrogen-bond acceptors (Lipinski definition) is 3. The Bertz CT molecular complexity index is 916. The lowest BCUT2D eigenvalue weighted by molar-refractivity contribution is -0.127. The number of nitrogens with zero attached hydrogens (tertiary/aromatic N) is 2.